The minimum atomic E-state index is -1.23. The quantitative estimate of drug-likeness (QED) is 0.804. The van der Waals surface area contributed by atoms with Gasteiger partial charge in [-0.05, 0) is 26.3 Å². The van der Waals surface area contributed by atoms with Crippen LogP contribution in [0.15, 0.2) is 30.3 Å². The van der Waals surface area contributed by atoms with Crippen LogP contribution in [0.2, 0.25) is 0 Å². The maximum Gasteiger partial charge on any atom is 0.336 e. The number of benzene rings is 1. The molecular weight excluding hydrogens is 280 g/mol. The molecule has 5 nitrogen and oxygen atoms in total. The van der Waals surface area contributed by atoms with E-state index >= 15 is 0 Å². The van der Waals surface area contributed by atoms with E-state index in [1.807, 2.05) is 6.07 Å². The van der Waals surface area contributed by atoms with Gasteiger partial charge in [0.05, 0.1) is 12.6 Å². The Kier molecular flexibility index (Phi) is 7.24. The fourth-order valence-corrected chi connectivity index (χ4v) is 1.65. The average Bonchev–Trinajstić information content (AvgIpc) is 2.39. The van der Waals surface area contributed by atoms with Crippen LogP contribution >= 0.6 is 12.4 Å². The third-order valence-corrected chi connectivity index (χ3v) is 2.82. The van der Waals surface area contributed by atoms with Crippen LogP contribution in [0, 0.1) is 0 Å². The Morgan fingerprint density at radius 3 is 2.35 bits per heavy atom. The van der Waals surface area contributed by atoms with E-state index in [0.29, 0.717) is 5.56 Å². The van der Waals surface area contributed by atoms with Crippen molar-refractivity contribution >= 4 is 24.3 Å². The first-order valence-electron chi connectivity index (χ1n) is 6.22. The molecular formula is C14H21ClN2O3. The lowest BCUT2D eigenvalue weighted by atomic mass is 9.91. The van der Waals surface area contributed by atoms with Crippen molar-refractivity contribution < 1.29 is 14.3 Å². The van der Waals surface area contributed by atoms with Crippen molar-refractivity contribution in [1.82, 2.24) is 5.32 Å². The molecule has 20 heavy (non-hydrogen) atoms. The van der Waals surface area contributed by atoms with Gasteiger partial charge in [-0.1, -0.05) is 30.3 Å². The molecule has 0 spiro atoms. The first-order valence-corrected chi connectivity index (χ1v) is 6.22. The van der Waals surface area contributed by atoms with Crippen molar-refractivity contribution in [2.75, 3.05) is 6.61 Å². The first-order chi connectivity index (χ1) is 8.91. The minimum Gasteiger partial charge on any atom is -0.464 e. The number of nitrogens with two attached hydrogens (primary N) is 1. The van der Waals surface area contributed by atoms with Gasteiger partial charge in [-0.15, -0.1) is 12.4 Å². The van der Waals surface area contributed by atoms with Gasteiger partial charge in [0.1, 0.15) is 0 Å². The van der Waals surface area contributed by atoms with Gasteiger partial charge in [0, 0.05) is 0 Å². The summed E-state index contributed by atoms with van der Waals surface area (Å²) in [6, 6.07) is 8.26. The predicted octanol–water partition coefficient (Wildman–Crippen LogP) is 1.35. The van der Waals surface area contributed by atoms with E-state index in [2.05, 4.69) is 5.32 Å². The van der Waals surface area contributed by atoms with Crippen LogP contribution in [0.3, 0.4) is 0 Å². The highest BCUT2D eigenvalue weighted by Gasteiger charge is 2.38. The Bertz CT molecular complexity index is 451. The van der Waals surface area contributed by atoms with Gasteiger partial charge in [0.2, 0.25) is 5.91 Å². The molecule has 0 aliphatic carbocycles. The lowest BCUT2D eigenvalue weighted by Crippen LogP contribution is -2.54. The largest absolute Gasteiger partial charge is 0.464 e. The molecule has 1 aromatic rings. The monoisotopic (exact) mass is 300 g/mol. The van der Waals surface area contributed by atoms with Crippen molar-refractivity contribution in [2.45, 2.75) is 32.4 Å². The van der Waals surface area contributed by atoms with Gasteiger partial charge in [0.25, 0.3) is 0 Å². The number of hydrogen-bond acceptors (Lipinski definition) is 4. The highest BCUT2D eigenvalue weighted by atomic mass is 35.5. The van der Waals surface area contributed by atoms with E-state index < -0.39 is 23.5 Å². The van der Waals surface area contributed by atoms with E-state index in [9.17, 15) is 9.59 Å². The van der Waals surface area contributed by atoms with Crippen LogP contribution in [0.5, 0.6) is 0 Å². The molecule has 112 valence electrons. The molecule has 3 N–H and O–H groups in total. The van der Waals surface area contributed by atoms with Crippen molar-refractivity contribution in [3.63, 3.8) is 0 Å². The van der Waals surface area contributed by atoms with Gasteiger partial charge in [-0.25, -0.2) is 4.79 Å². The Labute approximate surface area is 125 Å². The molecule has 0 radical (unpaired) electrons. The number of hydrogen-bond donors (Lipinski definition) is 2. The second-order valence-electron chi connectivity index (χ2n) is 4.49. The fourth-order valence-electron chi connectivity index (χ4n) is 1.65. The molecule has 6 heteroatoms. The SMILES string of the molecule is CCOC(=O)C(C)(NC(=O)[C@H](C)N)c1ccccc1.Cl. The van der Waals surface area contributed by atoms with E-state index in [4.69, 9.17) is 10.5 Å². The summed E-state index contributed by atoms with van der Waals surface area (Å²) in [5, 5.41) is 2.66. The smallest absolute Gasteiger partial charge is 0.336 e. The van der Waals surface area contributed by atoms with E-state index in [0.717, 1.165) is 0 Å². The third-order valence-electron chi connectivity index (χ3n) is 2.82. The highest BCUT2D eigenvalue weighted by Crippen LogP contribution is 2.22. The van der Waals surface area contributed by atoms with Crippen molar-refractivity contribution in [2.24, 2.45) is 5.73 Å². The third kappa shape index (κ3) is 4.21. The second-order valence-corrected chi connectivity index (χ2v) is 4.49. The summed E-state index contributed by atoms with van der Waals surface area (Å²) in [6.07, 6.45) is 0. The predicted molar refractivity (Wildman–Crippen MR) is 79.5 cm³/mol. The lowest BCUT2D eigenvalue weighted by Gasteiger charge is -2.29. The maximum atomic E-state index is 12.1. The number of rotatable bonds is 5. The number of amides is 1. The topological polar surface area (TPSA) is 81.4 Å². The molecule has 0 saturated heterocycles. The summed E-state index contributed by atoms with van der Waals surface area (Å²) < 4.78 is 5.05. The Morgan fingerprint density at radius 1 is 1.35 bits per heavy atom. The summed E-state index contributed by atoms with van der Waals surface area (Å²) in [5.41, 5.74) is 4.95. The molecule has 0 aliphatic rings. The van der Waals surface area contributed by atoms with E-state index in [1.165, 1.54) is 0 Å². The van der Waals surface area contributed by atoms with Crippen LogP contribution in [0.1, 0.15) is 26.3 Å². The minimum absolute atomic E-state index is 0. The average molecular weight is 301 g/mol. The lowest BCUT2D eigenvalue weighted by molar-refractivity contribution is -0.153. The first kappa shape index (κ1) is 18.4. The molecule has 0 fully saturated rings. The highest BCUT2D eigenvalue weighted by molar-refractivity contribution is 5.90. The number of carbonyl (C=O) groups excluding carboxylic acids is 2. The molecule has 2 atom stereocenters. The number of halogens is 1. The molecule has 1 rings (SSSR count). The van der Waals surface area contributed by atoms with Gasteiger partial charge in [-0.2, -0.15) is 0 Å². The van der Waals surface area contributed by atoms with Crippen molar-refractivity contribution in [3.05, 3.63) is 35.9 Å². The number of nitrogens with one attached hydrogen (secondary N) is 1. The molecule has 1 amide bonds. The fraction of sp³-hybridized carbons (Fsp3) is 0.429. The maximum absolute atomic E-state index is 12.1. The molecule has 0 bridgehead atoms. The molecule has 1 aromatic carbocycles. The van der Waals surface area contributed by atoms with Gasteiger partial charge >= 0.3 is 5.97 Å². The Hall–Kier alpha value is -1.59. The zero-order valence-electron chi connectivity index (χ0n) is 11.9. The Morgan fingerprint density at radius 2 is 1.90 bits per heavy atom. The number of esters is 1. The van der Waals surface area contributed by atoms with E-state index in [-0.39, 0.29) is 19.0 Å². The summed E-state index contributed by atoms with van der Waals surface area (Å²) in [7, 11) is 0. The normalized spacial score (nSPS) is 14.4. The second kappa shape index (κ2) is 7.87. The van der Waals surface area contributed by atoms with Crippen molar-refractivity contribution in [3.8, 4) is 0 Å². The summed E-state index contributed by atoms with van der Waals surface area (Å²) >= 11 is 0. The standard InChI is InChI=1S/C14H20N2O3.ClH/c1-4-19-13(18)14(3,16-12(17)10(2)15)11-8-6-5-7-9-11;/h5-10H,4,15H2,1-3H3,(H,16,17);1H/t10-,14?;/m0./s1. The van der Waals surface area contributed by atoms with Crippen LogP contribution in [0.4, 0.5) is 0 Å². The zero-order valence-corrected chi connectivity index (χ0v) is 12.7. The van der Waals surface area contributed by atoms with Crippen molar-refractivity contribution in [1.29, 1.82) is 0 Å². The molecule has 1 unspecified atom stereocenters. The molecule has 0 heterocycles. The van der Waals surface area contributed by atoms with Gasteiger partial charge in [-0.3, -0.25) is 4.79 Å². The molecule has 0 aliphatic heterocycles. The molecule has 0 aromatic heterocycles. The van der Waals surface area contributed by atoms with E-state index in [1.54, 1.807) is 45.0 Å². The summed E-state index contributed by atoms with van der Waals surface area (Å²) in [5.74, 6) is -0.908. The Balaban J connectivity index is 0.00000361. The van der Waals surface area contributed by atoms with Crippen LogP contribution in [0.25, 0.3) is 0 Å². The van der Waals surface area contributed by atoms with Gasteiger partial charge in [0.15, 0.2) is 5.54 Å². The van der Waals surface area contributed by atoms with Crippen LogP contribution in [-0.4, -0.2) is 24.5 Å². The summed E-state index contributed by atoms with van der Waals surface area (Å²) in [6.45, 7) is 5.14. The number of carbonyl (C=O) groups is 2. The molecule has 0 saturated carbocycles. The van der Waals surface area contributed by atoms with Crippen LogP contribution in [-0.2, 0) is 19.9 Å². The number of ether oxygens (including phenoxy) is 1. The van der Waals surface area contributed by atoms with Crippen LogP contribution < -0.4 is 11.1 Å². The summed E-state index contributed by atoms with van der Waals surface area (Å²) in [4.78, 5) is 23.9. The zero-order chi connectivity index (χ0) is 14.5. The van der Waals surface area contributed by atoms with Gasteiger partial charge < -0.3 is 15.8 Å².